The first kappa shape index (κ1) is 22.5. The summed E-state index contributed by atoms with van der Waals surface area (Å²) in [4.78, 5) is 17.8. The molecule has 5 rings (SSSR count). The molecule has 2 heterocycles. The van der Waals surface area contributed by atoms with Crippen LogP contribution in [0.3, 0.4) is 0 Å². The molecule has 0 amide bonds. The van der Waals surface area contributed by atoms with Crippen molar-refractivity contribution in [3.05, 3.63) is 84.4 Å². The maximum absolute atomic E-state index is 13.1. The number of benzene rings is 3. The SMILES string of the molecule is CCOc1ccc2nc(Nc3nnc(-c4ccccc4)c(-c4ccccc4)c3C(=O)OC)sc2c1. The number of methoxy groups -OCH3 is 1. The van der Waals surface area contributed by atoms with Crippen LogP contribution in [0, 0.1) is 0 Å². The van der Waals surface area contributed by atoms with Gasteiger partial charge in [-0.05, 0) is 30.7 Å². The normalized spacial score (nSPS) is 10.8. The number of aromatic nitrogens is 3. The van der Waals surface area contributed by atoms with Crippen LogP contribution in [0.5, 0.6) is 5.75 Å². The molecule has 7 nitrogen and oxygen atoms in total. The summed E-state index contributed by atoms with van der Waals surface area (Å²) in [6.45, 7) is 2.53. The number of carbonyl (C=O) groups excluding carboxylic acids is 1. The van der Waals surface area contributed by atoms with Gasteiger partial charge in [0.25, 0.3) is 0 Å². The number of nitrogens with one attached hydrogen (secondary N) is 1. The van der Waals surface area contributed by atoms with Crippen molar-refractivity contribution in [3.63, 3.8) is 0 Å². The van der Waals surface area contributed by atoms with Gasteiger partial charge in [0.1, 0.15) is 17.0 Å². The molecule has 0 bridgehead atoms. The zero-order chi connectivity index (χ0) is 24.2. The minimum atomic E-state index is -0.516. The first-order valence-corrected chi connectivity index (χ1v) is 11.9. The van der Waals surface area contributed by atoms with E-state index in [0.29, 0.717) is 28.6 Å². The highest BCUT2D eigenvalue weighted by atomic mass is 32.1. The van der Waals surface area contributed by atoms with Crippen molar-refractivity contribution < 1.29 is 14.3 Å². The van der Waals surface area contributed by atoms with Crippen LogP contribution in [0.4, 0.5) is 10.9 Å². The van der Waals surface area contributed by atoms with E-state index in [1.807, 2.05) is 85.8 Å². The molecule has 8 heteroatoms. The van der Waals surface area contributed by atoms with E-state index < -0.39 is 5.97 Å². The van der Waals surface area contributed by atoms with E-state index in [-0.39, 0.29) is 5.82 Å². The Balaban J connectivity index is 1.67. The van der Waals surface area contributed by atoms with E-state index in [9.17, 15) is 4.79 Å². The molecule has 1 N–H and O–H groups in total. The highest BCUT2D eigenvalue weighted by Crippen LogP contribution is 2.38. The summed E-state index contributed by atoms with van der Waals surface area (Å²) in [6, 6.07) is 25.0. The minimum Gasteiger partial charge on any atom is -0.494 e. The van der Waals surface area contributed by atoms with Gasteiger partial charge >= 0.3 is 5.97 Å². The number of hydrogen-bond acceptors (Lipinski definition) is 8. The molecule has 5 aromatic rings. The summed E-state index contributed by atoms with van der Waals surface area (Å²) >= 11 is 1.44. The zero-order valence-electron chi connectivity index (χ0n) is 19.2. The Kier molecular flexibility index (Phi) is 6.36. The van der Waals surface area contributed by atoms with Gasteiger partial charge in [-0.15, -0.1) is 10.2 Å². The average Bonchev–Trinajstić information content (AvgIpc) is 3.30. The molecular weight excluding hydrogens is 460 g/mol. The average molecular weight is 483 g/mol. The maximum Gasteiger partial charge on any atom is 0.342 e. The third-order valence-electron chi connectivity index (χ3n) is 5.37. The van der Waals surface area contributed by atoms with Crippen molar-refractivity contribution in [1.29, 1.82) is 0 Å². The number of hydrogen-bond donors (Lipinski definition) is 1. The molecule has 0 aliphatic carbocycles. The van der Waals surface area contributed by atoms with E-state index in [1.165, 1.54) is 18.4 Å². The Morgan fingerprint density at radius 1 is 0.943 bits per heavy atom. The first-order chi connectivity index (χ1) is 17.2. The van der Waals surface area contributed by atoms with Gasteiger partial charge < -0.3 is 14.8 Å². The first-order valence-electron chi connectivity index (χ1n) is 11.1. The van der Waals surface area contributed by atoms with E-state index in [1.54, 1.807) is 0 Å². The van der Waals surface area contributed by atoms with E-state index in [4.69, 9.17) is 9.47 Å². The van der Waals surface area contributed by atoms with Crippen LogP contribution in [-0.2, 0) is 4.74 Å². The smallest absolute Gasteiger partial charge is 0.342 e. The number of nitrogens with zero attached hydrogens (tertiary/aromatic N) is 3. The van der Waals surface area contributed by atoms with Crippen molar-refractivity contribution in [2.75, 3.05) is 19.0 Å². The lowest BCUT2D eigenvalue weighted by molar-refractivity contribution is 0.0602. The second-order valence-electron chi connectivity index (χ2n) is 7.58. The Morgan fingerprint density at radius 2 is 1.66 bits per heavy atom. The van der Waals surface area contributed by atoms with Crippen LogP contribution < -0.4 is 10.1 Å². The molecule has 0 aliphatic rings. The number of carbonyl (C=O) groups is 1. The summed E-state index contributed by atoms with van der Waals surface area (Å²) in [5.74, 6) is 0.543. The number of ether oxygens (including phenoxy) is 2. The summed E-state index contributed by atoms with van der Waals surface area (Å²) < 4.78 is 11.7. The molecule has 174 valence electrons. The predicted octanol–water partition coefficient (Wildman–Crippen LogP) is 6.35. The maximum atomic E-state index is 13.1. The zero-order valence-corrected chi connectivity index (χ0v) is 20.0. The third-order valence-corrected chi connectivity index (χ3v) is 6.30. The molecule has 0 aliphatic heterocycles. The molecule has 3 aromatic carbocycles. The topological polar surface area (TPSA) is 86.2 Å². The predicted molar refractivity (Wildman–Crippen MR) is 138 cm³/mol. The summed E-state index contributed by atoms with van der Waals surface area (Å²) in [5, 5.41) is 12.7. The molecule has 0 saturated carbocycles. The van der Waals surface area contributed by atoms with E-state index >= 15 is 0 Å². The van der Waals surface area contributed by atoms with Crippen molar-refractivity contribution in [1.82, 2.24) is 15.2 Å². The number of anilines is 2. The van der Waals surface area contributed by atoms with E-state index in [0.717, 1.165) is 27.1 Å². The van der Waals surface area contributed by atoms with Crippen LogP contribution in [-0.4, -0.2) is 34.9 Å². The third kappa shape index (κ3) is 4.56. The largest absolute Gasteiger partial charge is 0.494 e. The van der Waals surface area contributed by atoms with Crippen LogP contribution in [0.15, 0.2) is 78.9 Å². The summed E-state index contributed by atoms with van der Waals surface area (Å²) in [6.07, 6.45) is 0. The molecule has 0 saturated heterocycles. The highest BCUT2D eigenvalue weighted by Gasteiger charge is 2.26. The summed E-state index contributed by atoms with van der Waals surface area (Å²) in [5.41, 5.74) is 4.02. The fourth-order valence-electron chi connectivity index (χ4n) is 3.83. The molecular formula is C27H22N4O3S. The van der Waals surface area contributed by atoms with Crippen LogP contribution >= 0.6 is 11.3 Å². The quantitative estimate of drug-likeness (QED) is 0.271. The Morgan fingerprint density at radius 3 is 2.34 bits per heavy atom. The van der Waals surface area contributed by atoms with Crippen LogP contribution in [0.1, 0.15) is 17.3 Å². The minimum absolute atomic E-state index is 0.277. The fraction of sp³-hybridized carbons (Fsp3) is 0.111. The Labute approximate surface area is 206 Å². The highest BCUT2D eigenvalue weighted by molar-refractivity contribution is 7.22. The molecule has 0 radical (unpaired) electrons. The number of fused-ring (bicyclic) bond motifs is 1. The number of thiazole rings is 1. The van der Waals surface area contributed by atoms with Gasteiger partial charge in [-0.2, -0.15) is 0 Å². The van der Waals surface area contributed by atoms with Crippen molar-refractivity contribution in [2.45, 2.75) is 6.92 Å². The Hall–Kier alpha value is -4.30. The Bertz CT molecular complexity index is 1490. The van der Waals surface area contributed by atoms with Gasteiger partial charge in [0, 0.05) is 11.1 Å². The van der Waals surface area contributed by atoms with Crippen LogP contribution in [0.25, 0.3) is 32.6 Å². The molecule has 0 unspecified atom stereocenters. The second-order valence-corrected chi connectivity index (χ2v) is 8.61. The number of rotatable bonds is 7. The molecule has 2 aromatic heterocycles. The fourth-order valence-corrected chi connectivity index (χ4v) is 4.72. The second kappa shape index (κ2) is 9.90. The number of esters is 1. The standard InChI is InChI=1S/C27H22N4O3S/c1-3-34-19-14-15-20-21(16-19)35-27(28-20)29-25-23(26(32)33-2)22(17-10-6-4-7-11-17)24(30-31-25)18-12-8-5-9-13-18/h4-16H,3H2,1-2H3,(H,28,29,31). The molecule has 0 atom stereocenters. The van der Waals surface area contributed by atoms with Crippen molar-refractivity contribution in [2.24, 2.45) is 0 Å². The van der Waals surface area contributed by atoms with Crippen LogP contribution in [0.2, 0.25) is 0 Å². The lowest BCUT2D eigenvalue weighted by Gasteiger charge is -2.16. The lowest BCUT2D eigenvalue weighted by atomic mass is 9.95. The summed E-state index contributed by atoms with van der Waals surface area (Å²) in [7, 11) is 1.36. The molecule has 0 spiro atoms. The molecule has 35 heavy (non-hydrogen) atoms. The van der Waals surface area contributed by atoms with Gasteiger partial charge in [0.05, 0.1) is 23.9 Å². The monoisotopic (exact) mass is 482 g/mol. The lowest BCUT2D eigenvalue weighted by Crippen LogP contribution is -2.12. The van der Waals surface area contributed by atoms with Gasteiger partial charge in [-0.3, -0.25) is 0 Å². The van der Waals surface area contributed by atoms with Gasteiger partial charge in [0.15, 0.2) is 10.9 Å². The van der Waals surface area contributed by atoms with Crippen molar-refractivity contribution >= 4 is 38.5 Å². The molecule has 0 fully saturated rings. The van der Waals surface area contributed by atoms with Gasteiger partial charge in [-0.1, -0.05) is 72.0 Å². The van der Waals surface area contributed by atoms with Gasteiger partial charge in [0.2, 0.25) is 0 Å². The van der Waals surface area contributed by atoms with Gasteiger partial charge in [-0.25, -0.2) is 9.78 Å². The van der Waals surface area contributed by atoms with Crippen molar-refractivity contribution in [3.8, 4) is 28.1 Å². The van der Waals surface area contributed by atoms with E-state index in [2.05, 4.69) is 20.5 Å².